The first-order valence-electron chi connectivity index (χ1n) is 7.06. The summed E-state index contributed by atoms with van der Waals surface area (Å²) in [5.74, 6) is 1.02. The average Bonchev–Trinajstić information content (AvgIpc) is 3.19. The second kappa shape index (κ2) is 6.57. The second-order valence-electron chi connectivity index (χ2n) is 4.99. The highest BCUT2D eigenvalue weighted by Gasteiger charge is 2.32. The highest BCUT2D eigenvalue weighted by Crippen LogP contribution is 2.21. The maximum absolute atomic E-state index is 12.7. The fourth-order valence-corrected chi connectivity index (χ4v) is 4.95. The summed E-state index contributed by atoms with van der Waals surface area (Å²) in [6.45, 7) is 3.23. The number of aromatic nitrogens is 2. The van der Waals surface area contributed by atoms with E-state index in [4.69, 9.17) is 4.74 Å². The van der Waals surface area contributed by atoms with Crippen molar-refractivity contribution >= 4 is 27.0 Å². The summed E-state index contributed by atoms with van der Waals surface area (Å²) in [5, 5.41) is 5.22. The van der Waals surface area contributed by atoms with Gasteiger partial charge in [-0.05, 0) is 6.07 Å². The van der Waals surface area contributed by atoms with Gasteiger partial charge in [0.15, 0.2) is 10.2 Å². The Morgan fingerprint density at radius 3 is 2.73 bits per heavy atom. The molecule has 0 amide bonds. The first kappa shape index (κ1) is 15.8. The molecule has 1 saturated heterocycles. The summed E-state index contributed by atoms with van der Waals surface area (Å²) in [6, 6.07) is 1.51. The molecule has 0 radical (unpaired) electrons. The molecule has 0 saturated carbocycles. The number of aliphatic imine (C=N–C) groups is 1. The van der Waals surface area contributed by atoms with Crippen molar-refractivity contribution in [2.75, 3.05) is 45.6 Å². The van der Waals surface area contributed by atoms with Crippen molar-refractivity contribution in [3.63, 3.8) is 0 Å². The predicted octanol–water partition coefficient (Wildman–Crippen LogP) is -0.104. The maximum atomic E-state index is 12.7. The molecule has 0 atom stereocenters. The zero-order chi connectivity index (χ0) is 15.6. The van der Waals surface area contributed by atoms with Gasteiger partial charge in [-0.25, -0.2) is 13.1 Å². The molecule has 0 spiro atoms. The van der Waals surface area contributed by atoms with Crippen LogP contribution in [-0.4, -0.2) is 78.2 Å². The van der Waals surface area contributed by atoms with E-state index in [9.17, 15) is 8.42 Å². The van der Waals surface area contributed by atoms with Crippen LogP contribution in [0.5, 0.6) is 0 Å². The van der Waals surface area contributed by atoms with Crippen LogP contribution in [0.3, 0.4) is 0 Å². The van der Waals surface area contributed by atoms with Crippen LogP contribution >= 0.6 is 11.8 Å². The molecule has 122 valence electrons. The zero-order valence-corrected chi connectivity index (χ0v) is 14.0. The van der Waals surface area contributed by atoms with Crippen LogP contribution in [0, 0.1) is 0 Å². The third kappa shape index (κ3) is 3.00. The largest absolute Gasteiger partial charge is 0.362 e. The lowest BCUT2D eigenvalue weighted by Gasteiger charge is -2.34. The summed E-state index contributed by atoms with van der Waals surface area (Å²) in [7, 11) is -2.03. The van der Waals surface area contributed by atoms with E-state index in [0.29, 0.717) is 26.2 Å². The number of hydrogen-bond donors (Lipinski definition) is 0. The van der Waals surface area contributed by atoms with Gasteiger partial charge in [0.05, 0.1) is 12.7 Å². The van der Waals surface area contributed by atoms with E-state index in [1.165, 1.54) is 28.4 Å². The van der Waals surface area contributed by atoms with Gasteiger partial charge in [0.1, 0.15) is 6.73 Å². The quantitative estimate of drug-likeness (QED) is 0.758. The van der Waals surface area contributed by atoms with Crippen LogP contribution in [0.15, 0.2) is 22.3 Å². The molecular formula is C12H19N5O3S2. The Hall–Kier alpha value is -1.10. The van der Waals surface area contributed by atoms with Gasteiger partial charge in [-0.15, -0.1) is 0 Å². The van der Waals surface area contributed by atoms with Gasteiger partial charge in [-0.2, -0.15) is 9.40 Å². The van der Waals surface area contributed by atoms with Gasteiger partial charge < -0.3 is 9.64 Å². The number of piperazine rings is 1. The minimum absolute atomic E-state index is 0.120. The van der Waals surface area contributed by atoms with E-state index in [-0.39, 0.29) is 11.8 Å². The van der Waals surface area contributed by atoms with E-state index in [0.717, 1.165) is 17.5 Å². The third-order valence-corrected chi connectivity index (χ3v) is 6.56. The Morgan fingerprint density at radius 2 is 2.09 bits per heavy atom. The van der Waals surface area contributed by atoms with Crippen LogP contribution in [0.25, 0.3) is 0 Å². The fraction of sp³-hybridized carbons (Fsp3) is 0.667. The molecule has 0 unspecified atom stereocenters. The highest BCUT2D eigenvalue weighted by molar-refractivity contribution is 8.14. The summed E-state index contributed by atoms with van der Waals surface area (Å²) in [5.41, 5.74) is 0. The lowest BCUT2D eigenvalue weighted by Crippen LogP contribution is -2.50. The molecule has 0 bridgehead atoms. The van der Waals surface area contributed by atoms with Gasteiger partial charge in [0.2, 0.25) is 0 Å². The third-order valence-electron chi connectivity index (χ3n) is 3.61. The van der Waals surface area contributed by atoms with Crippen LogP contribution in [0.1, 0.15) is 0 Å². The zero-order valence-electron chi connectivity index (χ0n) is 12.4. The normalized spacial score (nSPS) is 20.4. The SMILES string of the molecule is COCn1nccc1S(=O)(=O)N1CCN(C2=NCCS2)CC1. The van der Waals surface area contributed by atoms with E-state index < -0.39 is 10.0 Å². The molecular weight excluding hydrogens is 326 g/mol. The molecule has 1 aromatic heterocycles. The molecule has 0 aromatic carbocycles. The van der Waals surface area contributed by atoms with Crippen LogP contribution < -0.4 is 0 Å². The maximum Gasteiger partial charge on any atom is 0.260 e. The van der Waals surface area contributed by atoms with Gasteiger partial charge in [0.25, 0.3) is 10.0 Å². The van der Waals surface area contributed by atoms with Crippen molar-refractivity contribution in [1.82, 2.24) is 19.0 Å². The van der Waals surface area contributed by atoms with Gasteiger partial charge in [-0.1, -0.05) is 11.8 Å². The molecule has 10 heteroatoms. The molecule has 1 fully saturated rings. The Bertz CT molecular complexity index is 649. The highest BCUT2D eigenvalue weighted by atomic mass is 32.2. The summed E-state index contributed by atoms with van der Waals surface area (Å²) >= 11 is 1.74. The first-order valence-corrected chi connectivity index (χ1v) is 9.48. The Balaban J connectivity index is 1.70. The fourth-order valence-electron chi connectivity index (χ4n) is 2.53. The molecule has 22 heavy (non-hydrogen) atoms. The molecule has 3 heterocycles. The number of methoxy groups -OCH3 is 1. The molecule has 1 aromatic rings. The van der Waals surface area contributed by atoms with Crippen molar-refractivity contribution in [1.29, 1.82) is 0 Å². The van der Waals surface area contributed by atoms with Crippen LogP contribution in [0.2, 0.25) is 0 Å². The number of rotatable bonds is 4. The van der Waals surface area contributed by atoms with Crippen LogP contribution in [0.4, 0.5) is 0 Å². The Kier molecular flexibility index (Phi) is 4.71. The van der Waals surface area contributed by atoms with Gasteiger partial charge >= 0.3 is 0 Å². The summed E-state index contributed by atoms with van der Waals surface area (Å²) in [6.07, 6.45) is 1.48. The predicted molar refractivity (Wildman–Crippen MR) is 84.3 cm³/mol. The van der Waals surface area contributed by atoms with Crippen molar-refractivity contribution < 1.29 is 13.2 Å². The number of sulfonamides is 1. The average molecular weight is 345 g/mol. The van der Waals surface area contributed by atoms with Gasteiger partial charge in [0, 0.05) is 39.0 Å². The van der Waals surface area contributed by atoms with Crippen molar-refractivity contribution in [2.45, 2.75) is 11.8 Å². The van der Waals surface area contributed by atoms with E-state index in [2.05, 4.69) is 15.0 Å². The number of thioether (sulfide) groups is 1. The van der Waals surface area contributed by atoms with Crippen LogP contribution in [-0.2, 0) is 21.5 Å². The number of nitrogens with zero attached hydrogens (tertiary/aromatic N) is 5. The second-order valence-corrected chi connectivity index (χ2v) is 7.94. The molecule has 0 N–H and O–H groups in total. The number of hydrogen-bond acceptors (Lipinski definition) is 7. The molecule has 2 aliphatic heterocycles. The van der Waals surface area contributed by atoms with Crippen molar-refractivity contribution in [3.8, 4) is 0 Å². The first-order chi connectivity index (χ1) is 10.6. The lowest BCUT2D eigenvalue weighted by molar-refractivity contribution is 0.112. The van der Waals surface area contributed by atoms with E-state index >= 15 is 0 Å². The summed E-state index contributed by atoms with van der Waals surface area (Å²) < 4.78 is 33.3. The number of amidine groups is 1. The van der Waals surface area contributed by atoms with Crippen molar-refractivity contribution in [2.24, 2.45) is 4.99 Å². The van der Waals surface area contributed by atoms with E-state index in [1.54, 1.807) is 11.8 Å². The monoisotopic (exact) mass is 345 g/mol. The van der Waals surface area contributed by atoms with Crippen molar-refractivity contribution in [3.05, 3.63) is 12.3 Å². The Labute approximate surface area is 134 Å². The molecule has 3 rings (SSSR count). The smallest absolute Gasteiger partial charge is 0.260 e. The Morgan fingerprint density at radius 1 is 1.32 bits per heavy atom. The van der Waals surface area contributed by atoms with E-state index in [1.807, 2.05) is 0 Å². The lowest BCUT2D eigenvalue weighted by atomic mass is 10.4. The van der Waals surface area contributed by atoms with Gasteiger partial charge in [-0.3, -0.25) is 4.99 Å². The topological polar surface area (TPSA) is 80.0 Å². The molecule has 8 nitrogen and oxygen atoms in total. The standard InChI is InChI=1S/C12H19N5O3S2/c1-20-10-17-11(2-3-14-17)22(18,19)16-7-5-15(6-8-16)12-13-4-9-21-12/h2-3H,4-10H2,1H3. The minimum atomic E-state index is -3.54. The minimum Gasteiger partial charge on any atom is -0.362 e. The summed E-state index contributed by atoms with van der Waals surface area (Å²) in [4.78, 5) is 6.60. The number of ether oxygens (including phenoxy) is 1. The molecule has 2 aliphatic rings. The molecule has 0 aliphatic carbocycles.